The molecule has 0 amide bonds. The molecule has 0 bridgehead atoms. The third-order valence-electron chi connectivity index (χ3n) is 3.55. The summed E-state index contributed by atoms with van der Waals surface area (Å²) in [4.78, 5) is 0. The van der Waals surface area contributed by atoms with Crippen molar-refractivity contribution in [3.05, 3.63) is 11.6 Å². The fraction of sp³-hybridized carbons (Fsp3) is 0.846. The lowest BCUT2D eigenvalue weighted by atomic mass is 9.83. The van der Waals surface area contributed by atoms with Gasteiger partial charge in [-0.25, -0.2) is 0 Å². The molecular formula is C13H25N. The van der Waals surface area contributed by atoms with E-state index in [9.17, 15) is 0 Å². The quantitative estimate of drug-likeness (QED) is 0.677. The normalized spacial score (nSPS) is 27.4. The van der Waals surface area contributed by atoms with Crippen LogP contribution >= 0.6 is 0 Å². The Bertz CT molecular complexity index is 178. The first-order valence-corrected chi connectivity index (χ1v) is 6.18. The first kappa shape index (κ1) is 11.8. The summed E-state index contributed by atoms with van der Waals surface area (Å²) in [7, 11) is 2.11. The third-order valence-corrected chi connectivity index (χ3v) is 3.55. The Morgan fingerprint density at radius 1 is 1.21 bits per heavy atom. The fourth-order valence-electron chi connectivity index (χ4n) is 2.51. The molecule has 1 aliphatic rings. The molecule has 0 heterocycles. The monoisotopic (exact) mass is 195 g/mol. The fourth-order valence-corrected chi connectivity index (χ4v) is 2.51. The summed E-state index contributed by atoms with van der Waals surface area (Å²) < 4.78 is 0. The molecule has 0 aromatic rings. The number of rotatable bonds is 4. The van der Waals surface area contributed by atoms with E-state index in [0.29, 0.717) is 0 Å². The zero-order valence-corrected chi connectivity index (χ0v) is 9.97. The van der Waals surface area contributed by atoms with Crippen LogP contribution in [0.5, 0.6) is 0 Å². The van der Waals surface area contributed by atoms with Gasteiger partial charge in [0.05, 0.1) is 0 Å². The summed E-state index contributed by atoms with van der Waals surface area (Å²) in [5, 5.41) is 3.46. The Morgan fingerprint density at radius 3 is 2.43 bits per heavy atom. The standard InChI is InChI=1S/C13H25N/c1-4-11(5-2)10-12-8-6-7-9-13(12)14-3/h10,12-14H,4-9H2,1-3H3. The first-order chi connectivity index (χ1) is 6.81. The summed E-state index contributed by atoms with van der Waals surface area (Å²) >= 11 is 0. The highest BCUT2D eigenvalue weighted by Crippen LogP contribution is 2.27. The van der Waals surface area contributed by atoms with E-state index in [1.807, 2.05) is 0 Å². The average molecular weight is 195 g/mol. The summed E-state index contributed by atoms with van der Waals surface area (Å²) in [6.07, 6.45) is 10.6. The maximum atomic E-state index is 3.46. The zero-order chi connectivity index (χ0) is 10.4. The molecule has 0 aromatic heterocycles. The van der Waals surface area contributed by atoms with Crippen molar-refractivity contribution in [1.82, 2.24) is 5.32 Å². The van der Waals surface area contributed by atoms with Crippen LogP contribution in [-0.2, 0) is 0 Å². The molecule has 1 aliphatic carbocycles. The molecule has 82 valence electrons. The van der Waals surface area contributed by atoms with E-state index in [4.69, 9.17) is 0 Å². The van der Waals surface area contributed by atoms with E-state index in [1.54, 1.807) is 5.57 Å². The van der Waals surface area contributed by atoms with Crippen LogP contribution in [0, 0.1) is 5.92 Å². The van der Waals surface area contributed by atoms with Crippen LogP contribution in [0.15, 0.2) is 11.6 Å². The molecule has 0 radical (unpaired) electrons. The van der Waals surface area contributed by atoms with Crippen LogP contribution in [-0.4, -0.2) is 13.1 Å². The van der Waals surface area contributed by atoms with Crippen molar-refractivity contribution in [2.45, 2.75) is 58.4 Å². The number of hydrogen-bond donors (Lipinski definition) is 1. The van der Waals surface area contributed by atoms with Gasteiger partial charge in [0, 0.05) is 6.04 Å². The molecule has 14 heavy (non-hydrogen) atoms. The molecule has 0 aliphatic heterocycles. The molecule has 1 heteroatoms. The second-order valence-corrected chi connectivity index (χ2v) is 4.38. The van der Waals surface area contributed by atoms with Crippen LogP contribution in [0.2, 0.25) is 0 Å². The first-order valence-electron chi connectivity index (χ1n) is 6.18. The number of nitrogens with one attached hydrogen (secondary N) is 1. The highest BCUT2D eigenvalue weighted by molar-refractivity contribution is 5.06. The molecule has 1 N–H and O–H groups in total. The van der Waals surface area contributed by atoms with Gasteiger partial charge in [-0.2, -0.15) is 0 Å². The van der Waals surface area contributed by atoms with Crippen LogP contribution < -0.4 is 5.32 Å². The van der Waals surface area contributed by atoms with Crippen molar-refractivity contribution >= 4 is 0 Å². The van der Waals surface area contributed by atoms with E-state index in [2.05, 4.69) is 32.3 Å². The van der Waals surface area contributed by atoms with Crippen LogP contribution in [0.1, 0.15) is 52.4 Å². The lowest BCUT2D eigenvalue weighted by molar-refractivity contribution is 0.320. The van der Waals surface area contributed by atoms with Crippen molar-refractivity contribution < 1.29 is 0 Å². The van der Waals surface area contributed by atoms with Gasteiger partial charge in [0.2, 0.25) is 0 Å². The molecule has 1 rings (SSSR count). The minimum Gasteiger partial charge on any atom is -0.316 e. The smallest absolute Gasteiger partial charge is 0.0127 e. The molecule has 0 spiro atoms. The Morgan fingerprint density at radius 2 is 1.86 bits per heavy atom. The van der Waals surface area contributed by atoms with Crippen molar-refractivity contribution in [1.29, 1.82) is 0 Å². The van der Waals surface area contributed by atoms with Crippen molar-refractivity contribution in [3.8, 4) is 0 Å². The average Bonchev–Trinajstić information content (AvgIpc) is 2.26. The molecule has 2 atom stereocenters. The number of hydrogen-bond acceptors (Lipinski definition) is 1. The SMILES string of the molecule is CCC(=CC1CCCCC1NC)CC. The van der Waals surface area contributed by atoms with E-state index in [-0.39, 0.29) is 0 Å². The van der Waals surface area contributed by atoms with Gasteiger partial charge in [-0.3, -0.25) is 0 Å². The minimum absolute atomic E-state index is 0.733. The predicted molar refractivity (Wildman–Crippen MR) is 63.5 cm³/mol. The molecule has 1 nitrogen and oxygen atoms in total. The maximum absolute atomic E-state index is 3.46. The van der Waals surface area contributed by atoms with Gasteiger partial charge in [-0.05, 0) is 38.6 Å². The maximum Gasteiger partial charge on any atom is 0.0127 e. The highest BCUT2D eigenvalue weighted by Gasteiger charge is 2.21. The Hall–Kier alpha value is -0.300. The number of allylic oxidation sites excluding steroid dienone is 1. The van der Waals surface area contributed by atoms with Gasteiger partial charge >= 0.3 is 0 Å². The van der Waals surface area contributed by atoms with Gasteiger partial charge in [0.25, 0.3) is 0 Å². The molecular weight excluding hydrogens is 170 g/mol. The minimum atomic E-state index is 0.733. The highest BCUT2D eigenvalue weighted by atomic mass is 14.9. The Balaban J connectivity index is 2.58. The molecule has 1 fully saturated rings. The Labute approximate surface area is 89.0 Å². The molecule has 2 unspecified atom stereocenters. The van der Waals surface area contributed by atoms with E-state index < -0.39 is 0 Å². The Kier molecular flexibility index (Phi) is 5.24. The van der Waals surface area contributed by atoms with Gasteiger partial charge in [-0.15, -0.1) is 0 Å². The second kappa shape index (κ2) is 6.23. The van der Waals surface area contributed by atoms with Crippen LogP contribution in [0.3, 0.4) is 0 Å². The van der Waals surface area contributed by atoms with E-state index in [1.165, 1.54) is 38.5 Å². The van der Waals surface area contributed by atoms with Crippen molar-refractivity contribution in [2.75, 3.05) is 7.05 Å². The van der Waals surface area contributed by atoms with E-state index in [0.717, 1.165) is 12.0 Å². The zero-order valence-electron chi connectivity index (χ0n) is 9.97. The molecule has 0 saturated heterocycles. The summed E-state index contributed by atoms with van der Waals surface area (Å²) in [6, 6.07) is 0.733. The topological polar surface area (TPSA) is 12.0 Å². The third kappa shape index (κ3) is 3.13. The largest absolute Gasteiger partial charge is 0.316 e. The summed E-state index contributed by atoms with van der Waals surface area (Å²) in [5.74, 6) is 0.795. The predicted octanol–water partition coefficient (Wildman–Crippen LogP) is 3.51. The van der Waals surface area contributed by atoms with Crippen molar-refractivity contribution in [3.63, 3.8) is 0 Å². The van der Waals surface area contributed by atoms with Gasteiger partial charge < -0.3 is 5.32 Å². The van der Waals surface area contributed by atoms with Gasteiger partial charge in [0.15, 0.2) is 0 Å². The van der Waals surface area contributed by atoms with Crippen molar-refractivity contribution in [2.24, 2.45) is 5.92 Å². The van der Waals surface area contributed by atoms with Gasteiger partial charge in [-0.1, -0.05) is 38.3 Å². The van der Waals surface area contributed by atoms with E-state index >= 15 is 0 Å². The second-order valence-electron chi connectivity index (χ2n) is 4.38. The van der Waals surface area contributed by atoms with Crippen LogP contribution in [0.25, 0.3) is 0 Å². The van der Waals surface area contributed by atoms with Crippen LogP contribution in [0.4, 0.5) is 0 Å². The lowest BCUT2D eigenvalue weighted by Gasteiger charge is -2.29. The molecule has 1 saturated carbocycles. The summed E-state index contributed by atoms with van der Waals surface area (Å²) in [5.41, 5.74) is 1.64. The lowest BCUT2D eigenvalue weighted by Crippen LogP contribution is -2.35. The summed E-state index contributed by atoms with van der Waals surface area (Å²) in [6.45, 7) is 4.54. The van der Waals surface area contributed by atoms with Gasteiger partial charge in [0.1, 0.15) is 0 Å². The molecule has 0 aromatic carbocycles.